The molecule has 0 atom stereocenters. The molecule has 5 nitrogen and oxygen atoms in total. The number of carbonyl (C=O) groups excluding carboxylic acids is 2. The average molecular weight is 451 g/mol. The van der Waals surface area contributed by atoms with Gasteiger partial charge in [-0.1, -0.05) is 23.2 Å². The summed E-state index contributed by atoms with van der Waals surface area (Å²) >= 11 is 13.6. The van der Waals surface area contributed by atoms with Gasteiger partial charge in [0.1, 0.15) is 5.75 Å². The van der Waals surface area contributed by atoms with Gasteiger partial charge in [0, 0.05) is 13.6 Å². The van der Waals surface area contributed by atoms with Gasteiger partial charge in [0.15, 0.2) is 0 Å². The van der Waals surface area contributed by atoms with Crippen molar-refractivity contribution in [3.63, 3.8) is 0 Å². The lowest BCUT2D eigenvalue weighted by Crippen LogP contribution is -2.41. The van der Waals surface area contributed by atoms with Gasteiger partial charge in [-0.25, -0.2) is 0 Å². The molecule has 0 aliphatic heterocycles. The standard InChI is InChI=1S/C14H9Cl2IN2O3/c15-7-1-3-11(17)9(5-7)13(21)18-19-14(22)10-6-8(16)2-4-12(10)20/h1-6,20H,(H,18,21)(H,19,22). The summed E-state index contributed by atoms with van der Waals surface area (Å²) in [7, 11) is 0. The fourth-order valence-corrected chi connectivity index (χ4v) is 2.53. The molecule has 0 aliphatic rings. The van der Waals surface area contributed by atoms with E-state index in [1.54, 1.807) is 12.1 Å². The Morgan fingerprint density at radius 2 is 1.41 bits per heavy atom. The zero-order valence-corrected chi connectivity index (χ0v) is 14.5. The molecule has 0 aromatic heterocycles. The highest BCUT2D eigenvalue weighted by Gasteiger charge is 2.15. The fourth-order valence-electron chi connectivity index (χ4n) is 1.61. The molecule has 0 fully saturated rings. The van der Waals surface area contributed by atoms with Gasteiger partial charge in [-0.15, -0.1) is 0 Å². The van der Waals surface area contributed by atoms with Crippen molar-refractivity contribution in [1.29, 1.82) is 0 Å². The van der Waals surface area contributed by atoms with E-state index < -0.39 is 11.8 Å². The summed E-state index contributed by atoms with van der Waals surface area (Å²) in [6.45, 7) is 0. The lowest BCUT2D eigenvalue weighted by atomic mass is 10.2. The van der Waals surface area contributed by atoms with Crippen molar-refractivity contribution in [2.75, 3.05) is 0 Å². The molecule has 0 aliphatic carbocycles. The van der Waals surface area contributed by atoms with Crippen LogP contribution in [0.5, 0.6) is 5.75 Å². The molecule has 8 heteroatoms. The highest BCUT2D eigenvalue weighted by Crippen LogP contribution is 2.21. The molecule has 0 bridgehead atoms. The molecule has 0 saturated carbocycles. The molecule has 0 unspecified atom stereocenters. The van der Waals surface area contributed by atoms with Crippen LogP contribution in [0.3, 0.4) is 0 Å². The molecule has 114 valence electrons. The summed E-state index contributed by atoms with van der Waals surface area (Å²) < 4.78 is 0.680. The number of hydrogen-bond donors (Lipinski definition) is 3. The van der Waals surface area contributed by atoms with Gasteiger partial charge >= 0.3 is 0 Å². The Balaban J connectivity index is 2.09. The van der Waals surface area contributed by atoms with E-state index in [1.165, 1.54) is 24.3 Å². The van der Waals surface area contributed by atoms with E-state index in [2.05, 4.69) is 10.9 Å². The molecule has 0 saturated heterocycles. The Hall–Kier alpha value is -1.51. The largest absolute Gasteiger partial charge is 0.507 e. The molecule has 2 aromatic carbocycles. The van der Waals surface area contributed by atoms with Crippen LogP contribution in [0.25, 0.3) is 0 Å². The second kappa shape index (κ2) is 7.17. The number of aromatic hydroxyl groups is 1. The molecule has 3 N–H and O–H groups in total. The van der Waals surface area contributed by atoms with E-state index in [4.69, 9.17) is 23.2 Å². The second-order valence-electron chi connectivity index (χ2n) is 4.19. The second-order valence-corrected chi connectivity index (χ2v) is 6.23. The van der Waals surface area contributed by atoms with E-state index in [1.807, 2.05) is 22.6 Å². The maximum absolute atomic E-state index is 12.0. The highest BCUT2D eigenvalue weighted by atomic mass is 127. The van der Waals surface area contributed by atoms with Crippen LogP contribution in [0.2, 0.25) is 10.0 Å². The van der Waals surface area contributed by atoms with Crippen LogP contribution >= 0.6 is 45.8 Å². The predicted molar refractivity (Wildman–Crippen MR) is 92.2 cm³/mol. The Bertz CT molecular complexity index is 689. The van der Waals surface area contributed by atoms with Crippen molar-refractivity contribution in [1.82, 2.24) is 10.9 Å². The minimum atomic E-state index is -0.689. The van der Waals surface area contributed by atoms with Crippen molar-refractivity contribution < 1.29 is 14.7 Å². The van der Waals surface area contributed by atoms with Gasteiger partial charge in [0.2, 0.25) is 0 Å². The quantitative estimate of drug-likeness (QED) is 0.484. The Morgan fingerprint density at radius 1 is 0.909 bits per heavy atom. The number of phenols is 1. The molecule has 2 rings (SSSR count). The number of amides is 2. The molecular weight excluding hydrogens is 442 g/mol. The number of hydrogen-bond acceptors (Lipinski definition) is 3. The van der Waals surface area contributed by atoms with Gasteiger partial charge in [-0.3, -0.25) is 20.4 Å². The van der Waals surface area contributed by atoms with E-state index >= 15 is 0 Å². The number of hydrazine groups is 1. The zero-order valence-electron chi connectivity index (χ0n) is 10.9. The van der Waals surface area contributed by atoms with Gasteiger partial charge < -0.3 is 5.11 Å². The number of rotatable bonds is 2. The maximum Gasteiger partial charge on any atom is 0.273 e. The number of halogens is 3. The Morgan fingerprint density at radius 3 is 2.05 bits per heavy atom. The van der Waals surface area contributed by atoms with Crippen LogP contribution < -0.4 is 10.9 Å². The number of phenolic OH excluding ortho intramolecular Hbond substituents is 1. The van der Waals surface area contributed by atoms with Crippen molar-refractivity contribution in [3.05, 3.63) is 61.1 Å². The van der Waals surface area contributed by atoms with E-state index in [9.17, 15) is 14.7 Å². The summed E-state index contributed by atoms with van der Waals surface area (Å²) in [6.07, 6.45) is 0. The van der Waals surface area contributed by atoms with Crippen LogP contribution in [0.1, 0.15) is 20.7 Å². The van der Waals surface area contributed by atoms with E-state index in [-0.39, 0.29) is 11.3 Å². The van der Waals surface area contributed by atoms with Crippen LogP contribution in [-0.4, -0.2) is 16.9 Å². The molecule has 2 aromatic rings. The summed E-state index contributed by atoms with van der Waals surface area (Å²) in [5.41, 5.74) is 4.74. The Labute approximate surface area is 149 Å². The fraction of sp³-hybridized carbons (Fsp3) is 0. The molecule has 2 amide bonds. The summed E-state index contributed by atoms with van der Waals surface area (Å²) in [5.74, 6) is -1.46. The first-order valence-corrected chi connectivity index (χ1v) is 7.76. The van der Waals surface area contributed by atoms with Crippen molar-refractivity contribution in [2.45, 2.75) is 0 Å². The van der Waals surface area contributed by atoms with Crippen molar-refractivity contribution >= 4 is 57.6 Å². The third-order valence-electron chi connectivity index (χ3n) is 2.67. The third kappa shape index (κ3) is 4.02. The van der Waals surface area contributed by atoms with Gasteiger partial charge in [0.05, 0.1) is 11.1 Å². The zero-order chi connectivity index (χ0) is 16.3. The Kier molecular flexibility index (Phi) is 5.49. The van der Waals surface area contributed by atoms with E-state index in [0.29, 0.717) is 19.2 Å². The summed E-state index contributed by atoms with van der Waals surface area (Å²) in [4.78, 5) is 24.0. The minimum absolute atomic E-state index is 0.0476. The van der Waals surface area contributed by atoms with E-state index in [0.717, 1.165) is 0 Å². The third-order valence-corrected chi connectivity index (χ3v) is 4.08. The highest BCUT2D eigenvalue weighted by molar-refractivity contribution is 14.1. The molecule has 0 spiro atoms. The smallest absolute Gasteiger partial charge is 0.273 e. The SMILES string of the molecule is O=C(NNC(=O)c1cc(Cl)ccc1I)c1cc(Cl)ccc1O. The van der Waals surface area contributed by atoms with Crippen molar-refractivity contribution in [3.8, 4) is 5.75 Å². The molecular formula is C14H9Cl2IN2O3. The normalized spacial score (nSPS) is 10.1. The predicted octanol–water partition coefficient (Wildman–Crippen LogP) is 3.38. The first-order chi connectivity index (χ1) is 10.4. The number of nitrogens with one attached hydrogen (secondary N) is 2. The minimum Gasteiger partial charge on any atom is -0.507 e. The number of benzene rings is 2. The first-order valence-electron chi connectivity index (χ1n) is 5.92. The van der Waals surface area contributed by atoms with Gasteiger partial charge in [-0.2, -0.15) is 0 Å². The number of carbonyl (C=O) groups is 2. The van der Waals surface area contributed by atoms with Crippen molar-refractivity contribution in [2.24, 2.45) is 0 Å². The molecule has 0 heterocycles. The summed E-state index contributed by atoms with van der Waals surface area (Å²) in [6, 6.07) is 8.86. The lowest BCUT2D eigenvalue weighted by Gasteiger charge is -2.10. The van der Waals surface area contributed by atoms with Crippen LogP contribution in [0.4, 0.5) is 0 Å². The van der Waals surface area contributed by atoms with Gasteiger partial charge in [-0.05, 0) is 59.0 Å². The maximum atomic E-state index is 12.0. The van der Waals surface area contributed by atoms with Crippen LogP contribution in [0.15, 0.2) is 36.4 Å². The average Bonchev–Trinajstić information content (AvgIpc) is 2.49. The molecule has 22 heavy (non-hydrogen) atoms. The lowest BCUT2D eigenvalue weighted by molar-refractivity contribution is 0.0844. The van der Waals surface area contributed by atoms with Crippen LogP contribution in [0, 0.1) is 3.57 Å². The monoisotopic (exact) mass is 450 g/mol. The van der Waals surface area contributed by atoms with Crippen LogP contribution in [-0.2, 0) is 0 Å². The van der Waals surface area contributed by atoms with Gasteiger partial charge in [0.25, 0.3) is 11.8 Å². The summed E-state index contributed by atoms with van der Waals surface area (Å²) in [5, 5.41) is 10.3. The topological polar surface area (TPSA) is 78.4 Å². The first kappa shape index (κ1) is 16.9. The molecule has 0 radical (unpaired) electrons.